The third-order valence-corrected chi connectivity index (χ3v) is 6.02. The third-order valence-electron chi connectivity index (χ3n) is 6.02. The van der Waals surface area contributed by atoms with Crippen LogP contribution in [-0.4, -0.2) is 29.8 Å². The molecule has 31 heavy (non-hydrogen) atoms. The van der Waals surface area contributed by atoms with Gasteiger partial charge in [0.05, 0.1) is 12.1 Å². The summed E-state index contributed by atoms with van der Waals surface area (Å²) in [6.45, 7) is 7.31. The molecule has 0 spiro atoms. The van der Waals surface area contributed by atoms with E-state index < -0.39 is 0 Å². The van der Waals surface area contributed by atoms with Gasteiger partial charge in [0.2, 0.25) is 0 Å². The summed E-state index contributed by atoms with van der Waals surface area (Å²) in [4.78, 5) is 14.5. The molecule has 0 aliphatic carbocycles. The van der Waals surface area contributed by atoms with E-state index in [0.29, 0.717) is 0 Å². The first-order valence-electron chi connectivity index (χ1n) is 11.6. The maximum Gasteiger partial charge on any atom is 0.141 e. The van der Waals surface area contributed by atoms with Crippen molar-refractivity contribution in [2.45, 2.75) is 65.0 Å². The molecule has 0 bridgehead atoms. The minimum Gasteiger partial charge on any atom is -0.301 e. The molecule has 0 radical (unpaired) electrons. The first kappa shape index (κ1) is 23.0. The molecule has 2 aromatic carbocycles. The molecule has 1 aliphatic rings. The summed E-state index contributed by atoms with van der Waals surface area (Å²) in [6, 6.07) is 19.1. The van der Waals surface area contributed by atoms with Gasteiger partial charge in [0.1, 0.15) is 6.29 Å². The highest BCUT2D eigenvalue weighted by molar-refractivity contribution is 5.81. The van der Waals surface area contributed by atoms with Gasteiger partial charge in [-0.15, -0.1) is 5.73 Å². The molecule has 0 N–H and O–H groups in total. The van der Waals surface area contributed by atoms with Crippen molar-refractivity contribution in [1.82, 2.24) is 4.90 Å². The molecule has 2 nitrogen and oxygen atoms in total. The van der Waals surface area contributed by atoms with Gasteiger partial charge in [-0.2, -0.15) is 0 Å². The Hall–Kier alpha value is -2.67. The van der Waals surface area contributed by atoms with E-state index in [4.69, 9.17) is 0 Å². The molecule has 0 amide bonds. The average Bonchev–Trinajstić information content (AvgIpc) is 3.15. The number of aldehydes is 1. The van der Waals surface area contributed by atoms with E-state index >= 15 is 0 Å². The van der Waals surface area contributed by atoms with Crippen molar-refractivity contribution < 1.29 is 4.79 Å². The number of hydrogen-bond donors (Lipinski definition) is 0. The minimum atomic E-state index is -0.188. The van der Waals surface area contributed by atoms with E-state index in [1.54, 1.807) is 0 Å². The van der Waals surface area contributed by atoms with Crippen molar-refractivity contribution in [2.24, 2.45) is 0 Å². The van der Waals surface area contributed by atoms with Crippen LogP contribution >= 0.6 is 0 Å². The molecule has 2 aromatic rings. The second-order valence-corrected chi connectivity index (χ2v) is 8.44. The highest BCUT2D eigenvalue weighted by Gasteiger charge is 2.37. The van der Waals surface area contributed by atoms with Crippen molar-refractivity contribution in [2.75, 3.05) is 6.54 Å². The van der Waals surface area contributed by atoms with Crippen LogP contribution in [0.3, 0.4) is 0 Å². The van der Waals surface area contributed by atoms with E-state index in [2.05, 4.69) is 85.2 Å². The highest BCUT2D eigenvalue weighted by atomic mass is 16.1. The fourth-order valence-electron chi connectivity index (χ4n) is 4.53. The van der Waals surface area contributed by atoms with Gasteiger partial charge in [0.25, 0.3) is 0 Å². The molecule has 1 heterocycles. The van der Waals surface area contributed by atoms with Gasteiger partial charge in [-0.25, -0.2) is 0 Å². The smallest absolute Gasteiger partial charge is 0.141 e. The van der Waals surface area contributed by atoms with E-state index in [1.165, 1.54) is 47.1 Å². The fourth-order valence-corrected chi connectivity index (χ4v) is 4.53. The zero-order valence-corrected chi connectivity index (χ0v) is 19.2. The molecule has 0 saturated heterocycles. The fraction of sp³-hybridized carbons (Fsp3) is 0.379. The third kappa shape index (κ3) is 5.94. The Balaban J connectivity index is 2.01. The lowest BCUT2D eigenvalue weighted by Gasteiger charge is -2.31. The van der Waals surface area contributed by atoms with Gasteiger partial charge in [-0.3, -0.25) is 4.90 Å². The predicted molar refractivity (Wildman–Crippen MR) is 131 cm³/mol. The summed E-state index contributed by atoms with van der Waals surface area (Å²) >= 11 is 0. The molecule has 2 heteroatoms. The Morgan fingerprint density at radius 2 is 1.87 bits per heavy atom. The first-order chi connectivity index (χ1) is 15.2. The number of unbranched alkanes of at least 4 members (excludes halogenated alkanes) is 3. The molecule has 0 aromatic heterocycles. The van der Waals surface area contributed by atoms with E-state index in [-0.39, 0.29) is 12.1 Å². The highest BCUT2D eigenvalue weighted by Crippen LogP contribution is 2.36. The maximum absolute atomic E-state index is 12.1. The predicted octanol–water partition coefficient (Wildman–Crippen LogP) is 6.55. The first-order valence-corrected chi connectivity index (χ1v) is 11.6. The normalized spacial score (nSPS) is 18.4. The number of nitrogens with zero attached hydrogens (tertiary/aromatic N) is 1. The molecular formula is C29H35NO. The number of rotatable bonds is 10. The molecule has 2 atom stereocenters. The summed E-state index contributed by atoms with van der Waals surface area (Å²) in [5.74, 6) is 0. The summed E-state index contributed by atoms with van der Waals surface area (Å²) in [6.07, 6.45) is 10.9. The Kier molecular flexibility index (Phi) is 8.64. The number of aryl methyl sites for hydroxylation is 1. The summed E-state index contributed by atoms with van der Waals surface area (Å²) < 4.78 is 0. The SMILES string of the molecule is CC=C=C(Cc1ccccc1)C1C(c2cccc(C)c2)=CC(C=O)N1CCCCCC. The van der Waals surface area contributed by atoms with Gasteiger partial charge >= 0.3 is 0 Å². The Morgan fingerprint density at radius 1 is 1.06 bits per heavy atom. The summed E-state index contributed by atoms with van der Waals surface area (Å²) in [5, 5.41) is 0. The van der Waals surface area contributed by atoms with E-state index in [1.807, 2.05) is 13.0 Å². The van der Waals surface area contributed by atoms with Crippen LogP contribution in [0.25, 0.3) is 5.57 Å². The van der Waals surface area contributed by atoms with Crippen molar-refractivity contribution in [3.05, 3.63) is 94.7 Å². The molecule has 0 fully saturated rings. The molecular weight excluding hydrogens is 378 g/mol. The van der Waals surface area contributed by atoms with Crippen LogP contribution in [0.1, 0.15) is 56.2 Å². The zero-order valence-electron chi connectivity index (χ0n) is 19.2. The average molecular weight is 414 g/mol. The lowest BCUT2D eigenvalue weighted by molar-refractivity contribution is -0.110. The van der Waals surface area contributed by atoms with Crippen LogP contribution in [0, 0.1) is 6.92 Å². The number of benzene rings is 2. The van der Waals surface area contributed by atoms with Crippen molar-refractivity contribution in [1.29, 1.82) is 0 Å². The van der Waals surface area contributed by atoms with Crippen LogP contribution in [0.5, 0.6) is 0 Å². The Labute approximate surface area is 188 Å². The van der Waals surface area contributed by atoms with Crippen LogP contribution in [0.15, 0.2) is 78.1 Å². The lowest BCUT2D eigenvalue weighted by Crippen LogP contribution is -2.40. The number of carbonyl (C=O) groups excluding carboxylic acids is 1. The second kappa shape index (κ2) is 11.6. The summed E-state index contributed by atoms with van der Waals surface area (Å²) in [7, 11) is 0. The van der Waals surface area contributed by atoms with Crippen LogP contribution in [-0.2, 0) is 11.2 Å². The van der Waals surface area contributed by atoms with Gasteiger partial charge in [0, 0.05) is 13.0 Å². The zero-order chi connectivity index (χ0) is 22.1. The molecule has 3 rings (SSSR count). The van der Waals surface area contributed by atoms with Crippen molar-refractivity contribution in [3.63, 3.8) is 0 Å². The minimum absolute atomic E-state index is 0.0648. The Morgan fingerprint density at radius 3 is 2.55 bits per heavy atom. The van der Waals surface area contributed by atoms with Gasteiger partial charge in [0.15, 0.2) is 0 Å². The quantitative estimate of drug-likeness (QED) is 0.250. The van der Waals surface area contributed by atoms with Crippen LogP contribution in [0.4, 0.5) is 0 Å². The van der Waals surface area contributed by atoms with E-state index in [9.17, 15) is 4.79 Å². The molecule has 0 saturated carbocycles. The van der Waals surface area contributed by atoms with Gasteiger partial charge < -0.3 is 4.79 Å². The lowest BCUT2D eigenvalue weighted by atomic mass is 9.90. The molecule has 162 valence electrons. The molecule has 2 unspecified atom stereocenters. The standard InChI is InChI=1S/C29H35NO/c1-4-6-7-11-18-30-27(22-31)21-28(25-17-12-14-23(3)19-25)29(30)26(13-5-2)20-24-15-9-8-10-16-24/h5,8-10,12,14-17,19,21-22,27,29H,4,6-7,11,18,20H2,1-3H3. The largest absolute Gasteiger partial charge is 0.301 e. The second-order valence-electron chi connectivity index (χ2n) is 8.44. The Bertz CT molecular complexity index is 950. The van der Waals surface area contributed by atoms with Crippen LogP contribution < -0.4 is 0 Å². The van der Waals surface area contributed by atoms with Crippen LogP contribution in [0.2, 0.25) is 0 Å². The van der Waals surface area contributed by atoms with Crippen molar-refractivity contribution in [3.8, 4) is 0 Å². The topological polar surface area (TPSA) is 20.3 Å². The monoisotopic (exact) mass is 413 g/mol. The van der Waals surface area contributed by atoms with Gasteiger partial charge in [-0.1, -0.05) is 92.4 Å². The number of hydrogen-bond acceptors (Lipinski definition) is 2. The van der Waals surface area contributed by atoms with Gasteiger partial charge in [-0.05, 0) is 48.6 Å². The maximum atomic E-state index is 12.1. The summed E-state index contributed by atoms with van der Waals surface area (Å²) in [5.41, 5.74) is 9.73. The molecule has 1 aliphatic heterocycles. The van der Waals surface area contributed by atoms with Crippen molar-refractivity contribution >= 4 is 11.9 Å². The number of carbonyl (C=O) groups is 1. The van der Waals surface area contributed by atoms with E-state index in [0.717, 1.165) is 25.7 Å².